The predicted molar refractivity (Wildman–Crippen MR) is 81.8 cm³/mol. The van der Waals surface area contributed by atoms with Gasteiger partial charge in [0.15, 0.2) is 0 Å². The molecule has 0 radical (unpaired) electrons. The molecule has 1 N–H and O–H groups in total. The first kappa shape index (κ1) is 14.1. The van der Waals surface area contributed by atoms with Crippen molar-refractivity contribution in [3.05, 3.63) is 36.0 Å². The van der Waals surface area contributed by atoms with Gasteiger partial charge in [0, 0.05) is 11.6 Å². The standard InChI is InChI=1S/C17H21NO3/c1-16(2)10-13(17(3,4)21-16)18-9-8-11-6-5-7-12(14(11)18)15(19)20/h5-9,13H,10H2,1-4H3,(H,19,20). The Hall–Kier alpha value is -1.81. The molecule has 1 fully saturated rings. The van der Waals surface area contributed by atoms with Gasteiger partial charge >= 0.3 is 5.97 Å². The normalized spacial score (nSPS) is 23.5. The minimum atomic E-state index is -0.892. The van der Waals surface area contributed by atoms with Gasteiger partial charge in [-0.1, -0.05) is 12.1 Å². The number of fused-ring (bicyclic) bond motifs is 1. The summed E-state index contributed by atoms with van der Waals surface area (Å²) in [5.41, 5.74) is 0.589. The fourth-order valence-corrected chi connectivity index (χ4v) is 3.62. The molecule has 1 aromatic heterocycles. The van der Waals surface area contributed by atoms with Gasteiger partial charge in [0.25, 0.3) is 0 Å². The van der Waals surface area contributed by atoms with Crippen LogP contribution in [0.5, 0.6) is 0 Å². The van der Waals surface area contributed by atoms with E-state index in [0.29, 0.717) is 5.56 Å². The third kappa shape index (κ3) is 2.23. The van der Waals surface area contributed by atoms with Crippen LogP contribution in [-0.4, -0.2) is 26.8 Å². The minimum Gasteiger partial charge on any atom is -0.478 e. The fraction of sp³-hybridized carbons (Fsp3) is 0.471. The number of nitrogens with zero attached hydrogens (tertiary/aromatic N) is 1. The van der Waals surface area contributed by atoms with Crippen LogP contribution in [-0.2, 0) is 4.74 Å². The molecule has 4 heteroatoms. The van der Waals surface area contributed by atoms with Crippen LogP contribution in [0.15, 0.2) is 30.5 Å². The van der Waals surface area contributed by atoms with Gasteiger partial charge in [-0.15, -0.1) is 0 Å². The Labute approximate surface area is 124 Å². The first-order chi connectivity index (χ1) is 9.71. The number of carbonyl (C=O) groups is 1. The summed E-state index contributed by atoms with van der Waals surface area (Å²) in [5, 5.41) is 10.4. The molecule has 1 unspecified atom stereocenters. The zero-order valence-corrected chi connectivity index (χ0v) is 12.9. The number of hydrogen-bond acceptors (Lipinski definition) is 2. The molecule has 1 aliphatic heterocycles. The Kier molecular flexibility index (Phi) is 2.92. The van der Waals surface area contributed by atoms with Crippen LogP contribution in [0.25, 0.3) is 10.9 Å². The smallest absolute Gasteiger partial charge is 0.337 e. The maximum Gasteiger partial charge on any atom is 0.337 e. The molecule has 1 aliphatic rings. The van der Waals surface area contributed by atoms with Crippen molar-refractivity contribution < 1.29 is 14.6 Å². The topological polar surface area (TPSA) is 51.5 Å². The number of benzene rings is 1. The van der Waals surface area contributed by atoms with Crippen LogP contribution in [0.1, 0.15) is 50.5 Å². The molecular weight excluding hydrogens is 266 g/mol. The van der Waals surface area contributed by atoms with Gasteiger partial charge in [-0.05, 0) is 46.2 Å². The quantitative estimate of drug-likeness (QED) is 0.912. The number of aromatic nitrogens is 1. The van der Waals surface area contributed by atoms with E-state index in [9.17, 15) is 9.90 Å². The molecule has 0 amide bonds. The molecule has 0 spiro atoms. The monoisotopic (exact) mass is 287 g/mol. The molecule has 112 valence electrons. The fourth-order valence-electron chi connectivity index (χ4n) is 3.62. The van der Waals surface area contributed by atoms with Crippen molar-refractivity contribution in [3.8, 4) is 0 Å². The lowest BCUT2D eigenvalue weighted by Crippen LogP contribution is -2.31. The van der Waals surface area contributed by atoms with Crippen LogP contribution in [0.4, 0.5) is 0 Å². The number of hydrogen-bond donors (Lipinski definition) is 1. The average molecular weight is 287 g/mol. The highest BCUT2D eigenvalue weighted by atomic mass is 16.5. The second kappa shape index (κ2) is 4.34. The van der Waals surface area contributed by atoms with Gasteiger partial charge < -0.3 is 14.4 Å². The summed E-state index contributed by atoms with van der Waals surface area (Å²) in [6, 6.07) is 7.49. The molecular formula is C17H21NO3. The largest absolute Gasteiger partial charge is 0.478 e. The maximum atomic E-state index is 11.5. The molecule has 2 aromatic rings. The molecule has 0 bridgehead atoms. The Morgan fingerprint density at radius 3 is 2.57 bits per heavy atom. The summed E-state index contributed by atoms with van der Waals surface area (Å²) < 4.78 is 8.23. The molecule has 3 rings (SSSR count). The van der Waals surface area contributed by atoms with Crippen molar-refractivity contribution in [3.63, 3.8) is 0 Å². The van der Waals surface area contributed by atoms with E-state index >= 15 is 0 Å². The van der Waals surface area contributed by atoms with Crippen molar-refractivity contribution in [1.29, 1.82) is 0 Å². The number of carboxylic acids is 1. The Balaban J connectivity index is 2.20. The highest BCUT2D eigenvalue weighted by molar-refractivity contribution is 6.02. The Morgan fingerprint density at radius 1 is 1.29 bits per heavy atom. The zero-order chi connectivity index (χ0) is 15.4. The molecule has 21 heavy (non-hydrogen) atoms. The lowest BCUT2D eigenvalue weighted by atomic mass is 9.94. The van der Waals surface area contributed by atoms with E-state index in [4.69, 9.17) is 4.74 Å². The van der Waals surface area contributed by atoms with Gasteiger partial charge in [0.2, 0.25) is 0 Å². The third-order valence-corrected chi connectivity index (χ3v) is 4.33. The summed E-state index contributed by atoms with van der Waals surface area (Å²) in [6.07, 6.45) is 2.84. The van der Waals surface area contributed by atoms with Crippen LogP contribution in [0.2, 0.25) is 0 Å². The van der Waals surface area contributed by atoms with E-state index in [1.165, 1.54) is 0 Å². The number of aromatic carboxylic acids is 1. The van der Waals surface area contributed by atoms with Gasteiger partial charge in [0.05, 0.1) is 28.3 Å². The van der Waals surface area contributed by atoms with Crippen molar-refractivity contribution in [2.75, 3.05) is 0 Å². The van der Waals surface area contributed by atoms with E-state index in [2.05, 4.69) is 32.3 Å². The second-order valence-corrected chi connectivity index (χ2v) is 6.96. The maximum absolute atomic E-state index is 11.5. The summed E-state index contributed by atoms with van der Waals surface area (Å²) in [5.74, 6) is -0.892. The van der Waals surface area contributed by atoms with Crippen molar-refractivity contribution in [2.45, 2.75) is 51.4 Å². The molecule has 1 atom stereocenters. The van der Waals surface area contributed by atoms with Gasteiger partial charge in [-0.2, -0.15) is 0 Å². The molecule has 0 aliphatic carbocycles. The first-order valence-corrected chi connectivity index (χ1v) is 7.24. The van der Waals surface area contributed by atoms with E-state index in [0.717, 1.165) is 17.3 Å². The van der Waals surface area contributed by atoms with Crippen LogP contribution in [0.3, 0.4) is 0 Å². The van der Waals surface area contributed by atoms with E-state index in [1.807, 2.05) is 18.3 Å². The first-order valence-electron chi connectivity index (χ1n) is 7.24. The number of ether oxygens (including phenoxy) is 1. The highest BCUT2D eigenvalue weighted by Crippen LogP contribution is 2.46. The van der Waals surface area contributed by atoms with Crippen molar-refractivity contribution in [2.24, 2.45) is 0 Å². The summed E-state index contributed by atoms with van der Waals surface area (Å²) in [4.78, 5) is 11.5. The average Bonchev–Trinajstić information content (AvgIpc) is 2.86. The minimum absolute atomic E-state index is 0.116. The number of carboxylic acid groups (broad SMARTS) is 1. The van der Waals surface area contributed by atoms with Gasteiger partial charge in [-0.3, -0.25) is 0 Å². The molecule has 0 saturated carbocycles. The second-order valence-electron chi connectivity index (χ2n) is 6.96. The van der Waals surface area contributed by atoms with Gasteiger partial charge in [0.1, 0.15) is 0 Å². The molecule has 4 nitrogen and oxygen atoms in total. The van der Waals surface area contributed by atoms with Crippen molar-refractivity contribution in [1.82, 2.24) is 4.57 Å². The molecule has 1 saturated heterocycles. The van der Waals surface area contributed by atoms with E-state index < -0.39 is 5.97 Å². The predicted octanol–water partition coefficient (Wildman–Crippen LogP) is 3.86. The third-order valence-electron chi connectivity index (χ3n) is 4.33. The van der Waals surface area contributed by atoms with E-state index in [-0.39, 0.29) is 17.2 Å². The molecule has 2 heterocycles. The Bertz CT molecular complexity index is 712. The van der Waals surface area contributed by atoms with Crippen LogP contribution in [0, 0.1) is 0 Å². The van der Waals surface area contributed by atoms with Crippen LogP contribution >= 0.6 is 0 Å². The SMILES string of the molecule is CC1(C)CC(n2ccc3cccc(C(=O)O)c32)C(C)(C)O1. The van der Waals surface area contributed by atoms with Gasteiger partial charge in [-0.25, -0.2) is 4.79 Å². The summed E-state index contributed by atoms with van der Waals surface area (Å²) >= 11 is 0. The van der Waals surface area contributed by atoms with E-state index in [1.54, 1.807) is 12.1 Å². The van der Waals surface area contributed by atoms with Crippen LogP contribution < -0.4 is 0 Å². The molecule has 1 aromatic carbocycles. The summed E-state index contributed by atoms with van der Waals surface area (Å²) in [7, 11) is 0. The van der Waals surface area contributed by atoms with Crippen molar-refractivity contribution >= 4 is 16.9 Å². The number of para-hydroxylation sites is 1. The Morgan fingerprint density at radius 2 is 2.00 bits per heavy atom. The zero-order valence-electron chi connectivity index (χ0n) is 12.9. The highest BCUT2D eigenvalue weighted by Gasteiger charge is 2.47. The number of rotatable bonds is 2. The summed E-state index contributed by atoms with van der Waals surface area (Å²) in [6.45, 7) is 8.31. The lowest BCUT2D eigenvalue weighted by Gasteiger charge is -2.29. The lowest BCUT2D eigenvalue weighted by molar-refractivity contribution is -0.0726.